The monoisotopic (exact) mass is 308 g/mol. The van der Waals surface area contributed by atoms with Gasteiger partial charge in [-0.2, -0.15) is 0 Å². The second-order valence-electron chi connectivity index (χ2n) is 5.12. The first-order valence-corrected chi connectivity index (χ1v) is 8.28. The van der Waals surface area contributed by atoms with Gasteiger partial charge in [-0.25, -0.2) is 8.42 Å². The van der Waals surface area contributed by atoms with E-state index in [1.807, 2.05) is 0 Å². The lowest BCUT2D eigenvalue weighted by Crippen LogP contribution is -2.37. The number of sulfonamides is 1. The van der Waals surface area contributed by atoms with Crippen LogP contribution in [0.15, 0.2) is 34.9 Å². The first-order chi connectivity index (χ1) is 9.97. The van der Waals surface area contributed by atoms with Gasteiger partial charge in [0.05, 0.1) is 11.8 Å². The summed E-state index contributed by atoms with van der Waals surface area (Å²) < 4.78 is 31.5. The highest BCUT2D eigenvalue weighted by Gasteiger charge is 2.31. The Morgan fingerprint density at radius 3 is 2.90 bits per heavy atom. The van der Waals surface area contributed by atoms with Crippen LogP contribution in [-0.2, 0) is 15.8 Å². The molecule has 0 saturated heterocycles. The van der Waals surface area contributed by atoms with Crippen molar-refractivity contribution in [3.05, 3.63) is 47.3 Å². The van der Waals surface area contributed by atoms with Crippen molar-refractivity contribution in [2.24, 2.45) is 0 Å². The third-order valence-corrected chi connectivity index (χ3v) is 5.22. The van der Waals surface area contributed by atoms with E-state index in [4.69, 9.17) is 4.52 Å². The van der Waals surface area contributed by atoms with Gasteiger partial charge in [0.25, 0.3) is 0 Å². The molecule has 0 aliphatic carbocycles. The Hall–Kier alpha value is -1.86. The van der Waals surface area contributed by atoms with Crippen molar-refractivity contribution in [3.63, 3.8) is 0 Å². The number of benzene rings is 1. The van der Waals surface area contributed by atoms with Crippen LogP contribution in [0.4, 0.5) is 5.69 Å². The summed E-state index contributed by atoms with van der Waals surface area (Å²) in [6, 6.07) is 8.63. The number of aliphatic hydroxyl groups is 1. The van der Waals surface area contributed by atoms with Crippen LogP contribution in [0.2, 0.25) is 0 Å². The van der Waals surface area contributed by atoms with E-state index in [0.717, 1.165) is 0 Å². The van der Waals surface area contributed by atoms with Crippen LogP contribution < -0.4 is 4.31 Å². The number of hydrogen-bond acceptors (Lipinski definition) is 5. The topological polar surface area (TPSA) is 83.6 Å². The molecule has 0 amide bonds. The highest BCUT2D eigenvalue weighted by Crippen LogP contribution is 2.35. The number of anilines is 1. The Balaban J connectivity index is 1.95. The summed E-state index contributed by atoms with van der Waals surface area (Å²) in [4.78, 5) is 0. The maximum Gasteiger partial charge on any atom is 0.241 e. The standard InChI is InChI=1S/C14H16N2O4S/c1-10-8-11(15-20-10)9-21(18,19)16-7-6-14(17)12-4-2-3-5-13(12)16/h2-5,8,14,17H,6-7,9H2,1H3. The maximum absolute atomic E-state index is 12.6. The zero-order chi connectivity index (χ0) is 15.0. The molecule has 2 heterocycles. The predicted molar refractivity (Wildman–Crippen MR) is 77.2 cm³/mol. The summed E-state index contributed by atoms with van der Waals surface area (Å²) in [5.74, 6) is 0.365. The maximum atomic E-state index is 12.6. The molecule has 1 unspecified atom stereocenters. The van der Waals surface area contributed by atoms with Crippen molar-refractivity contribution in [2.45, 2.75) is 25.2 Å². The zero-order valence-electron chi connectivity index (χ0n) is 11.6. The van der Waals surface area contributed by atoms with Gasteiger partial charge in [-0.3, -0.25) is 4.31 Å². The molecular weight excluding hydrogens is 292 g/mol. The van der Waals surface area contributed by atoms with Crippen LogP contribution in [0.1, 0.15) is 29.5 Å². The van der Waals surface area contributed by atoms with E-state index in [-0.39, 0.29) is 12.3 Å². The molecule has 6 nitrogen and oxygen atoms in total. The second kappa shape index (κ2) is 5.16. The largest absolute Gasteiger partial charge is 0.388 e. The average molecular weight is 308 g/mol. The Morgan fingerprint density at radius 1 is 1.43 bits per heavy atom. The molecule has 1 aromatic heterocycles. The lowest BCUT2D eigenvalue weighted by molar-refractivity contribution is 0.166. The van der Waals surface area contributed by atoms with Crippen LogP contribution >= 0.6 is 0 Å². The SMILES string of the molecule is Cc1cc(CS(=O)(=O)N2CCC(O)c3ccccc32)no1. The number of aliphatic hydroxyl groups excluding tert-OH is 1. The quantitative estimate of drug-likeness (QED) is 0.934. The van der Waals surface area contributed by atoms with Gasteiger partial charge in [0.1, 0.15) is 17.2 Å². The molecule has 1 aliphatic rings. The van der Waals surface area contributed by atoms with Gasteiger partial charge in [-0.15, -0.1) is 0 Å². The van der Waals surface area contributed by atoms with Gasteiger partial charge < -0.3 is 9.63 Å². The number of fused-ring (bicyclic) bond motifs is 1. The van der Waals surface area contributed by atoms with E-state index in [0.29, 0.717) is 29.1 Å². The smallest absolute Gasteiger partial charge is 0.241 e. The molecule has 0 radical (unpaired) electrons. The molecule has 1 atom stereocenters. The molecule has 3 rings (SSSR count). The average Bonchev–Trinajstić information content (AvgIpc) is 2.83. The number of nitrogens with zero attached hydrogens (tertiary/aromatic N) is 2. The van der Waals surface area contributed by atoms with Crippen molar-refractivity contribution in [2.75, 3.05) is 10.8 Å². The minimum absolute atomic E-state index is 0.214. The number of rotatable bonds is 3. The van der Waals surface area contributed by atoms with E-state index in [2.05, 4.69) is 5.16 Å². The van der Waals surface area contributed by atoms with Crippen molar-refractivity contribution < 1.29 is 18.0 Å². The Morgan fingerprint density at radius 2 is 2.19 bits per heavy atom. The molecular formula is C14H16N2O4S. The Kier molecular flexibility index (Phi) is 3.46. The minimum Gasteiger partial charge on any atom is -0.388 e. The summed E-state index contributed by atoms with van der Waals surface area (Å²) in [6.07, 6.45) is -0.240. The summed E-state index contributed by atoms with van der Waals surface area (Å²) >= 11 is 0. The zero-order valence-corrected chi connectivity index (χ0v) is 12.4. The van der Waals surface area contributed by atoms with E-state index >= 15 is 0 Å². The van der Waals surface area contributed by atoms with Gasteiger partial charge in [-0.05, 0) is 19.4 Å². The van der Waals surface area contributed by atoms with E-state index < -0.39 is 16.1 Å². The molecule has 7 heteroatoms. The first-order valence-electron chi connectivity index (χ1n) is 6.67. The predicted octanol–water partition coefficient (Wildman–Crippen LogP) is 1.76. The fourth-order valence-electron chi connectivity index (χ4n) is 2.55. The lowest BCUT2D eigenvalue weighted by atomic mass is 10.0. The molecule has 0 bridgehead atoms. The summed E-state index contributed by atoms with van der Waals surface area (Å²) in [7, 11) is -3.56. The van der Waals surface area contributed by atoms with Crippen molar-refractivity contribution in [1.29, 1.82) is 0 Å². The molecule has 1 aliphatic heterocycles. The molecule has 0 saturated carbocycles. The first kappa shape index (κ1) is 14.1. The van der Waals surface area contributed by atoms with Crippen LogP contribution in [0.3, 0.4) is 0 Å². The van der Waals surface area contributed by atoms with Crippen molar-refractivity contribution >= 4 is 15.7 Å². The molecule has 0 fully saturated rings. The van der Waals surface area contributed by atoms with Crippen molar-refractivity contribution in [3.8, 4) is 0 Å². The summed E-state index contributed by atoms with van der Waals surface area (Å²) in [6.45, 7) is 1.98. The van der Waals surface area contributed by atoms with Crippen LogP contribution in [0.25, 0.3) is 0 Å². The number of aromatic nitrogens is 1. The summed E-state index contributed by atoms with van der Waals surface area (Å²) in [5, 5.41) is 13.7. The molecule has 112 valence electrons. The third-order valence-electron chi connectivity index (χ3n) is 3.51. The highest BCUT2D eigenvalue weighted by molar-refractivity contribution is 7.92. The van der Waals surface area contributed by atoms with Crippen LogP contribution in [0, 0.1) is 6.92 Å². The Labute approximate surface area is 123 Å². The molecule has 1 aromatic carbocycles. The normalized spacial score (nSPS) is 18.6. The van der Waals surface area contributed by atoms with Gasteiger partial charge >= 0.3 is 0 Å². The van der Waals surface area contributed by atoms with Crippen LogP contribution in [0.5, 0.6) is 0 Å². The van der Waals surface area contributed by atoms with Gasteiger partial charge in [0.2, 0.25) is 10.0 Å². The van der Waals surface area contributed by atoms with E-state index in [9.17, 15) is 13.5 Å². The number of para-hydroxylation sites is 1. The number of hydrogen-bond donors (Lipinski definition) is 1. The van der Waals surface area contributed by atoms with Crippen LogP contribution in [-0.4, -0.2) is 25.2 Å². The second-order valence-corrected chi connectivity index (χ2v) is 7.01. The molecule has 21 heavy (non-hydrogen) atoms. The summed E-state index contributed by atoms with van der Waals surface area (Å²) in [5.41, 5.74) is 1.57. The molecule has 1 N–H and O–H groups in total. The fourth-order valence-corrected chi connectivity index (χ4v) is 4.07. The van der Waals surface area contributed by atoms with E-state index in [1.165, 1.54) is 4.31 Å². The lowest BCUT2D eigenvalue weighted by Gasteiger charge is -2.32. The van der Waals surface area contributed by atoms with Gasteiger partial charge in [0.15, 0.2) is 0 Å². The molecule has 2 aromatic rings. The van der Waals surface area contributed by atoms with E-state index in [1.54, 1.807) is 37.3 Å². The molecule has 0 spiro atoms. The third kappa shape index (κ3) is 2.66. The number of aryl methyl sites for hydroxylation is 1. The fraction of sp³-hybridized carbons (Fsp3) is 0.357. The highest BCUT2D eigenvalue weighted by atomic mass is 32.2. The van der Waals surface area contributed by atoms with Gasteiger partial charge in [0, 0.05) is 18.2 Å². The van der Waals surface area contributed by atoms with Gasteiger partial charge in [-0.1, -0.05) is 23.4 Å². The minimum atomic E-state index is -3.56. The Bertz CT molecular complexity index is 754. The van der Waals surface area contributed by atoms with Crippen molar-refractivity contribution in [1.82, 2.24) is 5.16 Å².